The van der Waals surface area contributed by atoms with Gasteiger partial charge in [0.05, 0.1) is 6.07 Å². The number of nitrogens with zero attached hydrogens (tertiary/aromatic N) is 2. The molecule has 3 heteroatoms. The Morgan fingerprint density at radius 3 is 2.73 bits per heavy atom. The molecule has 3 unspecified atom stereocenters. The number of piperidine rings is 1. The largest absolute Gasteiger partial charge is 0.298 e. The van der Waals surface area contributed by atoms with Gasteiger partial charge in [-0.3, -0.25) is 10.2 Å². The zero-order chi connectivity index (χ0) is 10.3. The van der Waals surface area contributed by atoms with Crippen LogP contribution in [-0.4, -0.2) is 36.1 Å². The Bertz CT molecular complexity index is 279. The molecule has 0 amide bonds. The highest BCUT2D eigenvalue weighted by Gasteiger charge is 2.38. The van der Waals surface area contributed by atoms with Crippen LogP contribution in [-0.2, 0) is 0 Å². The SMILES string of the molecule is N#CC(CN1CC2CCC1C2)NC1CC1. The van der Waals surface area contributed by atoms with Crippen LogP contribution >= 0.6 is 0 Å². The molecule has 0 aromatic carbocycles. The first kappa shape index (κ1) is 9.62. The molecule has 0 radical (unpaired) electrons. The van der Waals surface area contributed by atoms with Crippen LogP contribution in [0, 0.1) is 17.2 Å². The zero-order valence-electron chi connectivity index (χ0n) is 9.15. The minimum atomic E-state index is 0.0665. The average molecular weight is 205 g/mol. The number of nitrogens with one attached hydrogen (secondary N) is 1. The van der Waals surface area contributed by atoms with Crippen molar-refractivity contribution in [2.45, 2.75) is 50.2 Å². The lowest BCUT2D eigenvalue weighted by molar-refractivity contribution is 0.202. The Morgan fingerprint density at radius 2 is 2.20 bits per heavy atom. The molecule has 0 spiro atoms. The van der Waals surface area contributed by atoms with Crippen LogP contribution in [0.25, 0.3) is 0 Å². The highest BCUT2D eigenvalue weighted by atomic mass is 15.2. The van der Waals surface area contributed by atoms with Crippen molar-refractivity contribution in [3.05, 3.63) is 0 Å². The smallest absolute Gasteiger partial charge is 0.108 e. The molecule has 3 atom stereocenters. The molecule has 3 aliphatic rings. The fourth-order valence-electron chi connectivity index (χ4n) is 3.15. The van der Waals surface area contributed by atoms with Gasteiger partial charge in [-0.15, -0.1) is 0 Å². The number of rotatable bonds is 4. The molecule has 15 heavy (non-hydrogen) atoms. The second kappa shape index (κ2) is 3.77. The molecular weight excluding hydrogens is 186 g/mol. The van der Waals surface area contributed by atoms with E-state index in [1.54, 1.807) is 0 Å². The number of likely N-dealkylation sites (tertiary alicyclic amines) is 1. The van der Waals surface area contributed by atoms with Crippen LogP contribution in [0.4, 0.5) is 0 Å². The van der Waals surface area contributed by atoms with E-state index in [1.807, 2.05) is 0 Å². The molecular formula is C12H19N3. The summed E-state index contributed by atoms with van der Waals surface area (Å²) in [5.41, 5.74) is 0. The van der Waals surface area contributed by atoms with Crippen LogP contribution in [0.15, 0.2) is 0 Å². The standard InChI is InChI=1S/C12H19N3/c13-6-11(14-10-2-3-10)8-15-7-9-1-4-12(15)5-9/h9-12,14H,1-5,7-8H2. The summed E-state index contributed by atoms with van der Waals surface area (Å²) in [6.07, 6.45) is 6.72. The normalized spacial score (nSPS) is 36.7. The summed E-state index contributed by atoms with van der Waals surface area (Å²) in [5.74, 6) is 0.940. The van der Waals surface area contributed by atoms with Crippen LogP contribution < -0.4 is 5.32 Å². The molecule has 2 aliphatic carbocycles. The summed E-state index contributed by atoms with van der Waals surface area (Å²) in [7, 11) is 0. The first-order valence-corrected chi connectivity index (χ1v) is 6.25. The van der Waals surface area contributed by atoms with Gasteiger partial charge in [0, 0.05) is 25.2 Å². The third kappa shape index (κ3) is 2.02. The second-order valence-corrected chi connectivity index (χ2v) is 5.41. The van der Waals surface area contributed by atoms with Crippen molar-refractivity contribution in [1.82, 2.24) is 10.2 Å². The van der Waals surface area contributed by atoms with E-state index >= 15 is 0 Å². The van der Waals surface area contributed by atoms with Crippen LogP contribution in [0.5, 0.6) is 0 Å². The van der Waals surface area contributed by atoms with E-state index in [0.717, 1.165) is 18.5 Å². The minimum absolute atomic E-state index is 0.0665. The Balaban J connectivity index is 1.52. The molecule has 2 bridgehead atoms. The van der Waals surface area contributed by atoms with E-state index in [4.69, 9.17) is 5.26 Å². The summed E-state index contributed by atoms with van der Waals surface area (Å²) in [6.45, 7) is 2.20. The van der Waals surface area contributed by atoms with Crippen molar-refractivity contribution in [1.29, 1.82) is 5.26 Å². The average Bonchev–Trinajstić information content (AvgIpc) is 2.82. The lowest BCUT2D eigenvalue weighted by atomic mass is 10.1. The molecule has 0 aromatic rings. The van der Waals surface area contributed by atoms with Crippen molar-refractivity contribution in [3.63, 3.8) is 0 Å². The number of fused-ring (bicyclic) bond motifs is 2. The van der Waals surface area contributed by atoms with Gasteiger partial charge in [-0.2, -0.15) is 5.26 Å². The number of hydrogen-bond acceptors (Lipinski definition) is 3. The zero-order valence-corrected chi connectivity index (χ0v) is 9.15. The molecule has 3 fully saturated rings. The topological polar surface area (TPSA) is 39.1 Å². The van der Waals surface area contributed by atoms with E-state index in [-0.39, 0.29) is 6.04 Å². The lowest BCUT2D eigenvalue weighted by Gasteiger charge is -2.28. The van der Waals surface area contributed by atoms with Crippen molar-refractivity contribution < 1.29 is 0 Å². The first-order chi connectivity index (χ1) is 7.35. The monoisotopic (exact) mass is 205 g/mol. The predicted molar refractivity (Wildman–Crippen MR) is 58.3 cm³/mol. The van der Waals surface area contributed by atoms with Crippen LogP contribution in [0.1, 0.15) is 32.1 Å². The molecule has 1 aliphatic heterocycles. The van der Waals surface area contributed by atoms with Gasteiger partial charge in [0.2, 0.25) is 0 Å². The third-order valence-electron chi connectivity index (χ3n) is 4.11. The highest BCUT2D eigenvalue weighted by molar-refractivity contribution is 5.01. The summed E-state index contributed by atoms with van der Waals surface area (Å²) < 4.78 is 0. The highest BCUT2D eigenvalue weighted by Crippen LogP contribution is 2.37. The summed E-state index contributed by atoms with van der Waals surface area (Å²) in [4.78, 5) is 2.54. The fraction of sp³-hybridized carbons (Fsp3) is 0.917. The van der Waals surface area contributed by atoms with Crippen LogP contribution in [0.3, 0.4) is 0 Å². The van der Waals surface area contributed by atoms with Gasteiger partial charge in [-0.1, -0.05) is 0 Å². The molecule has 1 N–H and O–H groups in total. The van der Waals surface area contributed by atoms with Crippen molar-refractivity contribution in [2.24, 2.45) is 5.92 Å². The maximum Gasteiger partial charge on any atom is 0.108 e. The molecule has 0 aromatic heterocycles. The third-order valence-corrected chi connectivity index (χ3v) is 4.11. The Hall–Kier alpha value is -0.590. The maximum atomic E-state index is 9.09. The minimum Gasteiger partial charge on any atom is -0.298 e. The van der Waals surface area contributed by atoms with Crippen molar-refractivity contribution >= 4 is 0 Å². The lowest BCUT2D eigenvalue weighted by Crippen LogP contribution is -2.44. The van der Waals surface area contributed by atoms with Crippen molar-refractivity contribution in [2.75, 3.05) is 13.1 Å². The summed E-state index contributed by atoms with van der Waals surface area (Å²) in [5, 5.41) is 12.5. The molecule has 1 heterocycles. The maximum absolute atomic E-state index is 9.09. The second-order valence-electron chi connectivity index (χ2n) is 5.41. The molecule has 2 saturated carbocycles. The van der Waals surface area contributed by atoms with E-state index in [0.29, 0.717) is 6.04 Å². The van der Waals surface area contributed by atoms with E-state index in [1.165, 1.54) is 38.6 Å². The van der Waals surface area contributed by atoms with Gasteiger partial charge in [-0.25, -0.2) is 0 Å². The first-order valence-electron chi connectivity index (χ1n) is 6.25. The van der Waals surface area contributed by atoms with Gasteiger partial charge in [0.1, 0.15) is 6.04 Å². The number of hydrogen-bond donors (Lipinski definition) is 1. The fourth-order valence-corrected chi connectivity index (χ4v) is 3.15. The molecule has 1 saturated heterocycles. The van der Waals surface area contributed by atoms with E-state index in [9.17, 15) is 0 Å². The van der Waals surface area contributed by atoms with Gasteiger partial charge in [-0.05, 0) is 38.0 Å². The summed E-state index contributed by atoms with van der Waals surface area (Å²) >= 11 is 0. The Labute approximate surface area is 91.4 Å². The van der Waals surface area contributed by atoms with E-state index in [2.05, 4.69) is 16.3 Å². The Morgan fingerprint density at radius 1 is 1.33 bits per heavy atom. The summed E-state index contributed by atoms with van der Waals surface area (Å²) in [6, 6.07) is 3.92. The number of nitriles is 1. The van der Waals surface area contributed by atoms with Gasteiger partial charge >= 0.3 is 0 Å². The quantitative estimate of drug-likeness (QED) is 0.747. The van der Waals surface area contributed by atoms with Gasteiger partial charge in [0.25, 0.3) is 0 Å². The van der Waals surface area contributed by atoms with Gasteiger partial charge < -0.3 is 0 Å². The molecule has 3 nitrogen and oxygen atoms in total. The molecule has 82 valence electrons. The van der Waals surface area contributed by atoms with Gasteiger partial charge in [0.15, 0.2) is 0 Å². The predicted octanol–water partition coefficient (Wildman–Crippen LogP) is 1.11. The van der Waals surface area contributed by atoms with Crippen LogP contribution in [0.2, 0.25) is 0 Å². The Kier molecular flexibility index (Phi) is 2.42. The van der Waals surface area contributed by atoms with Crippen molar-refractivity contribution in [3.8, 4) is 6.07 Å². The van der Waals surface area contributed by atoms with E-state index < -0.39 is 0 Å². The molecule has 3 rings (SSSR count).